The molecule has 19 heavy (non-hydrogen) atoms. The lowest BCUT2D eigenvalue weighted by Gasteiger charge is -2.60. The Bertz CT molecular complexity index is 302. The van der Waals surface area contributed by atoms with Crippen LogP contribution in [-0.2, 0) is 0 Å². The SMILES string of the molecule is CC(N)C1CCC(C23CC4CC(CC(C4)C2)C3)CC1. The molecule has 5 aliphatic carbocycles. The first-order valence-corrected chi connectivity index (χ1v) is 8.90. The molecule has 1 atom stereocenters. The van der Waals surface area contributed by atoms with Crippen LogP contribution < -0.4 is 5.73 Å². The topological polar surface area (TPSA) is 26.0 Å². The van der Waals surface area contributed by atoms with Gasteiger partial charge in [-0.25, -0.2) is 0 Å². The Morgan fingerprint density at radius 1 is 0.842 bits per heavy atom. The molecule has 5 saturated carbocycles. The number of nitrogens with two attached hydrogens (primary N) is 1. The summed E-state index contributed by atoms with van der Waals surface area (Å²) in [6.45, 7) is 2.22. The van der Waals surface area contributed by atoms with Gasteiger partial charge in [-0.2, -0.15) is 0 Å². The maximum absolute atomic E-state index is 6.12. The Kier molecular flexibility index (Phi) is 2.99. The number of hydrogen-bond acceptors (Lipinski definition) is 1. The van der Waals surface area contributed by atoms with Crippen LogP contribution in [0.4, 0.5) is 0 Å². The minimum absolute atomic E-state index is 0.428. The predicted octanol–water partition coefficient (Wildman–Crippen LogP) is 4.36. The van der Waals surface area contributed by atoms with Crippen molar-refractivity contribution >= 4 is 0 Å². The van der Waals surface area contributed by atoms with E-state index in [1.165, 1.54) is 25.7 Å². The summed E-state index contributed by atoms with van der Waals surface area (Å²) in [4.78, 5) is 0. The van der Waals surface area contributed by atoms with E-state index in [2.05, 4.69) is 6.92 Å². The van der Waals surface area contributed by atoms with Crippen LogP contribution in [0.15, 0.2) is 0 Å². The molecule has 0 saturated heterocycles. The molecule has 1 nitrogen and oxygen atoms in total. The van der Waals surface area contributed by atoms with Crippen molar-refractivity contribution in [2.75, 3.05) is 0 Å². The van der Waals surface area contributed by atoms with E-state index in [-0.39, 0.29) is 0 Å². The van der Waals surface area contributed by atoms with Crippen molar-refractivity contribution in [3.63, 3.8) is 0 Å². The average molecular weight is 261 g/mol. The quantitative estimate of drug-likeness (QED) is 0.785. The highest BCUT2D eigenvalue weighted by Gasteiger charge is 2.54. The molecule has 1 heteroatoms. The lowest BCUT2D eigenvalue weighted by Crippen LogP contribution is -2.50. The van der Waals surface area contributed by atoms with Crippen LogP contribution in [0.25, 0.3) is 0 Å². The van der Waals surface area contributed by atoms with Crippen molar-refractivity contribution in [2.45, 2.75) is 77.2 Å². The lowest BCUT2D eigenvalue weighted by molar-refractivity contribution is -0.0979. The van der Waals surface area contributed by atoms with Gasteiger partial charge >= 0.3 is 0 Å². The molecule has 5 rings (SSSR count). The molecule has 0 aromatic rings. The Morgan fingerprint density at radius 2 is 1.32 bits per heavy atom. The fourth-order valence-electron chi connectivity index (χ4n) is 6.93. The normalized spacial score (nSPS) is 54.3. The third-order valence-corrected chi connectivity index (χ3v) is 7.47. The van der Waals surface area contributed by atoms with E-state index in [9.17, 15) is 0 Å². The first-order valence-electron chi connectivity index (χ1n) is 8.90. The van der Waals surface area contributed by atoms with E-state index in [0.717, 1.165) is 35.0 Å². The molecule has 5 aliphatic rings. The highest BCUT2D eigenvalue weighted by molar-refractivity contribution is 5.04. The zero-order valence-electron chi connectivity index (χ0n) is 12.6. The fourth-order valence-corrected chi connectivity index (χ4v) is 6.93. The van der Waals surface area contributed by atoms with Crippen LogP contribution in [0.1, 0.15) is 71.1 Å². The summed E-state index contributed by atoms with van der Waals surface area (Å²) in [5, 5.41) is 0. The second-order valence-corrected chi connectivity index (χ2v) is 8.75. The van der Waals surface area contributed by atoms with Crippen molar-refractivity contribution < 1.29 is 0 Å². The lowest BCUT2D eigenvalue weighted by atomic mass is 9.45. The van der Waals surface area contributed by atoms with Crippen molar-refractivity contribution in [3.8, 4) is 0 Å². The van der Waals surface area contributed by atoms with Crippen molar-refractivity contribution in [3.05, 3.63) is 0 Å². The Hall–Kier alpha value is -0.0400. The van der Waals surface area contributed by atoms with Crippen LogP contribution in [0.2, 0.25) is 0 Å². The van der Waals surface area contributed by atoms with Gasteiger partial charge in [0.15, 0.2) is 0 Å². The molecule has 2 N–H and O–H groups in total. The smallest absolute Gasteiger partial charge is 0.00387 e. The molecular formula is C18H31N. The Labute approximate surface area is 118 Å². The molecule has 0 aromatic carbocycles. The number of rotatable bonds is 2. The van der Waals surface area contributed by atoms with Gasteiger partial charge in [-0.05, 0) is 106 Å². The van der Waals surface area contributed by atoms with E-state index >= 15 is 0 Å². The minimum Gasteiger partial charge on any atom is -0.328 e. The van der Waals surface area contributed by atoms with E-state index in [0.29, 0.717) is 6.04 Å². The monoisotopic (exact) mass is 261 g/mol. The van der Waals surface area contributed by atoms with E-state index < -0.39 is 0 Å². The summed E-state index contributed by atoms with van der Waals surface area (Å²) in [6, 6.07) is 0.428. The molecule has 0 radical (unpaired) electrons. The average Bonchev–Trinajstić information content (AvgIpc) is 2.37. The molecular weight excluding hydrogens is 230 g/mol. The van der Waals surface area contributed by atoms with Crippen LogP contribution in [0.3, 0.4) is 0 Å². The zero-order valence-corrected chi connectivity index (χ0v) is 12.6. The van der Waals surface area contributed by atoms with E-state index in [1.54, 1.807) is 38.5 Å². The Balaban J connectivity index is 1.48. The molecule has 0 aromatic heterocycles. The first kappa shape index (κ1) is 12.7. The number of hydrogen-bond donors (Lipinski definition) is 1. The van der Waals surface area contributed by atoms with Gasteiger partial charge in [-0.15, -0.1) is 0 Å². The standard InChI is InChI=1S/C18H31N/c1-12(19)16-2-4-17(5-3-16)18-9-13-6-14(10-18)8-15(7-13)11-18/h12-17H,2-11,19H2,1H3. The Morgan fingerprint density at radius 3 is 1.74 bits per heavy atom. The molecule has 4 bridgehead atoms. The van der Waals surface area contributed by atoms with Gasteiger partial charge in [0.25, 0.3) is 0 Å². The predicted molar refractivity (Wildman–Crippen MR) is 79.7 cm³/mol. The fraction of sp³-hybridized carbons (Fsp3) is 1.00. The highest BCUT2D eigenvalue weighted by Crippen LogP contribution is 2.64. The third-order valence-electron chi connectivity index (χ3n) is 7.47. The molecule has 1 unspecified atom stereocenters. The second kappa shape index (κ2) is 4.48. The summed E-state index contributed by atoms with van der Waals surface area (Å²) in [5.74, 6) is 5.26. The van der Waals surface area contributed by atoms with Gasteiger partial charge < -0.3 is 5.73 Å². The zero-order chi connectivity index (χ0) is 13.0. The maximum Gasteiger partial charge on any atom is 0.00387 e. The maximum atomic E-state index is 6.12. The van der Waals surface area contributed by atoms with Crippen LogP contribution in [0.5, 0.6) is 0 Å². The van der Waals surface area contributed by atoms with Gasteiger partial charge in [0, 0.05) is 6.04 Å². The van der Waals surface area contributed by atoms with Crippen molar-refractivity contribution in [1.29, 1.82) is 0 Å². The highest BCUT2D eigenvalue weighted by atomic mass is 14.6. The van der Waals surface area contributed by atoms with Crippen LogP contribution in [0, 0.1) is 35.0 Å². The second-order valence-electron chi connectivity index (χ2n) is 8.75. The van der Waals surface area contributed by atoms with Crippen molar-refractivity contribution in [1.82, 2.24) is 0 Å². The molecule has 0 aliphatic heterocycles. The van der Waals surface area contributed by atoms with Gasteiger partial charge in [0.05, 0.1) is 0 Å². The minimum atomic E-state index is 0.428. The van der Waals surface area contributed by atoms with E-state index in [1.807, 2.05) is 0 Å². The van der Waals surface area contributed by atoms with Crippen LogP contribution in [-0.4, -0.2) is 6.04 Å². The summed E-state index contributed by atoms with van der Waals surface area (Å²) in [6.07, 6.45) is 15.4. The molecule has 0 amide bonds. The third kappa shape index (κ3) is 2.07. The summed E-state index contributed by atoms with van der Waals surface area (Å²) >= 11 is 0. The van der Waals surface area contributed by atoms with Gasteiger partial charge in [0.2, 0.25) is 0 Å². The molecule has 5 fully saturated rings. The first-order chi connectivity index (χ1) is 9.14. The van der Waals surface area contributed by atoms with Gasteiger partial charge in [0.1, 0.15) is 0 Å². The molecule has 0 spiro atoms. The van der Waals surface area contributed by atoms with Crippen molar-refractivity contribution in [2.24, 2.45) is 40.7 Å². The van der Waals surface area contributed by atoms with E-state index in [4.69, 9.17) is 5.73 Å². The van der Waals surface area contributed by atoms with Gasteiger partial charge in [-0.3, -0.25) is 0 Å². The van der Waals surface area contributed by atoms with Crippen LogP contribution >= 0.6 is 0 Å². The molecule has 0 heterocycles. The van der Waals surface area contributed by atoms with Gasteiger partial charge in [-0.1, -0.05) is 0 Å². The summed E-state index contributed by atoms with van der Waals surface area (Å²) < 4.78 is 0. The summed E-state index contributed by atoms with van der Waals surface area (Å²) in [5.41, 5.74) is 6.92. The largest absolute Gasteiger partial charge is 0.328 e. The summed E-state index contributed by atoms with van der Waals surface area (Å²) in [7, 11) is 0. The molecule has 108 valence electrons.